The zero-order chi connectivity index (χ0) is 16.8. The van der Waals surface area contributed by atoms with E-state index in [4.69, 9.17) is 4.74 Å². The van der Waals surface area contributed by atoms with E-state index in [0.717, 1.165) is 10.0 Å². The van der Waals surface area contributed by atoms with Crippen LogP contribution in [0.1, 0.15) is 12.5 Å². The van der Waals surface area contributed by atoms with Gasteiger partial charge in [-0.2, -0.15) is 0 Å². The minimum absolute atomic E-state index is 0.458. The lowest BCUT2D eigenvalue weighted by atomic mass is 10.2. The molecular weight excluding hydrogens is 360 g/mol. The van der Waals surface area contributed by atoms with E-state index in [1.807, 2.05) is 19.9 Å². The Morgan fingerprint density at radius 1 is 1.09 bits per heavy atom. The van der Waals surface area contributed by atoms with Crippen LogP contribution in [-0.4, -0.2) is 18.4 Å². The molecule has 0 atom stereocenters. The SMILES string of the molecule is CCOc1ccccc1NC(=O)C(=O)Nc1ccc(C)c(Br)c1. The van der Waals surface area contributed by atoms with Gasteiger partial charge in [0.1, 0.15) is 5.75 Å². The molecule has 0 heterocycles. The fourth-order valence-corrected chi connectivity index (χ4v) is 2.27. The minimum atomic E-state index is -0.756. The number of hydrogen-bond acceptors (Lipinski definition) is 3. The highest BCUT2D eigenvalue weighted by Crippen LogP contribution is 2.24. The lowest BCUT2D eigenvalue weighted by Crippen LogP contribution is -2.29. The summed E-state index contributed by atoms with van der Waals surface area (Å²) >= 11 is 3.39. The third-order valence-electron chi connectivity index (χ3n) is 3.07. The molecule has 2 rings (SSSR count). The van der Waals surface area contributed by atoms with Crippen molar-refractivity contribution < 1.29 is 14.3 Å². The molecule has 0 aliphatic heterocycles. The van der Waals surface area contributed by atoms with E-state index in [1.165, 1.54) is 0 Å². The summed E-state index contributed by atoms with van der Waals surface area (Å²) in [5, 5.41) is 5.11. The highest BCUT2D eigenvalue weighted by Gasteiger charge is 2.16. The highest BCUT2D eigenvalue weighted by atomic mass is 79.9. The fourth-order valence-electron chi connectivity index (χ4n) is 1.89. The number of aryl methyl sites for hydroxylation is 1. The van der Waals surface area contributed by atoms with Crippen LogP contribution in [0.25, 0.3) is 0 Å². The molecule has 0 fully saturated rings. The second-order valence-corrected chi connectivity index (χ2v) is 5.66. The monoisotopic (exact) mass is 376 g/mol. The van der Waals surface area contributed by atoms with Crippen molar-refractivity contribution in [1.29, 1.82) is 0 Å². The van der Waals surface area contributed by atoms with Gasteiger partial charge in [-0.05, 0) is 43.7 Å². The number of ether oxygens (including phenoxy) is 1. The van der Waals surface area contributed by atoms with Crippen LogP contribution in [0.4, 0.5) is 11.4 Å². The molecule has 2 amide bonds. The molecule has 2 aromatic carbocycles. The van der Waals surface area contributed by atoms with E-state index >= 15 is 0 Å². The molecule has 2 aromatic rings. The maximum absolute atomic E-state index is 12.0. The first-order valence-corrected chi connectivity index (χ1v) is 7.91. The quantitative estimate of drug-likeness (QED) is 0.798. The number of nitrogens with one attached hydrogen (secondary N) is 2. The lowest BCUT2D eigenvalue weighted by molar-refractivity contribution is -0.133. The predicted octanol–water partition coefficient (Wildman–Crippen LogP) is 3.73. The number of anilines is 2. The molecule has 0 unspecified atom stereocenters. The van der Waals surface area contributed by atoms with E-state index in [1.54, 1.807) is 36.4 Å². The van der Waals surface area contributed by atoms with Crippen LogP contribution in [0, 0.1) is 6.92 Å². The zero-order valence-electron chi connectivity index (χ0n) is 12.9. The molecule has 23 heavy (non-hydrogen) atoms. The Labute approximate surface area is 143 Å². The third-order valence-corrected chi connectivity index (χ3v) is 3.93. The minimum Gasteiger partial charge on any atom is -0.492 e. The average molecular weight is 377 g/mol. The van der Waals surface area contributed by atoms with E-state index in [9.17, 15) is 9.59 Å². The van der Waals surface area contributed by atoms with Gasteiger partial charge in [-0.1, -0.05) is 34.1 Å². The summed E-state index contributed by atoms with van der Waals surface area (Å²) in [6.07, 6.45) is 0. The first-order chi connectivity index (χ1) is 11.0. The van der Waals surface area contributed by atoms with Crippen molar-refractivity contribution >= 4 is 39.1 Å². The summed E-state index contributed by atoms with van der Waals surface area (Å²) in [6, 6.07) is 12.3. The van der Waals surface area contributed by atoms with Gasteiger partial charge in [-0.3, -0.25) is 9.59 Å². The first kappa shape index (κ1) is 17.0. The summed E-state index contributed by atoms with van der Waals surface area (Å²) in [5.74, 6) is -0.977. The largest absolute Gasteiger partial charge is 0.492 e. The van der Waals surface area contributed by atoms with Crippen molar-refractivity contribution in [1.82, 2.24) is 0 Å². The van der Waals surface area contributed by atoms with Gasteiger partial charge in [0.15, 0.2) is 0 Å². The van der Waals surface area contributed by atoms with Crippen molar-refractivity contribution in [2.45, 2.75) is 13.8 Å². The van der Waals surface area contributed by atoms with Crippen LogP contribution in [0.2, 0.25) is 0 Å². The molecule has 5 nitrogen and oxygen atoms in total. The van der Waals surface area contributed by atoms with Crippen LogP contribution in [-0.2, 0) is 9.59 Å². The van der Waals surface area contributed by atoms with Gasteiger partial charge < -0.3 is 15.4 Å². The Balaban J connectivity index is 2.05. The molecule has 0 aromatic heterocycles. The number of rotatable bonds is 4. The Kier molecular flexibility index (Phi) is 5.76. The van der Waals surface area contributed by atoms with E-state index in [2.05, 4.69) is 26.6 Å². The Hall–Kier alpha value is -2.34. The van der Waals surface area contributed by atoms with Crippen molar-refractivity contribution in [3.8, 4) is 5.75 Å². The van der Waals surface area contributed by atoms with Crippen LogP contribution < -0.4 is 15.4 Å². The number of halogens is 1. The van der Waals surface area contributed by atoms with E-state index < -0.39 is 11.8 Å². The maximum Gasteiger partial charge on any atom is 0.314 e. The number of carbonyl (C=O) groups excluding carboxylic acids is 2. The summed E-state index contributed by atoms with van der Waals surface area (Å²) in [4.78, 5) is 24.0. The molecular formula is C17H17BrN2O3. The van der Waals surface area contributed by atoms with Gasteiger partial charge in [0.25, 0.3) is 0 Å². The molecule has 120 valence electrons. The lowest BCUT2D eigenvalue weighted by Gasteiger charge is -2.11. The Morgan fingerprint density at radius 2 is 1.78 bits per heavy atom. The van der Waals surface area contributed by atoms with Crippen molar-refractivity contribution in [2.24, 2.45) is 0 Å². The van der Waals surface area contributed by atoms with Gasteiger partial charge in [-0.25, -0.2) is 0 Å². The predicted molar refractivity (Wildman–Crippen MR) is 93.7 cm³/mol. The molecule has 0 aliphatic rings. The summed E-state index contributed by atoms with van der Waals surface area (Å²) in [7, 11) is 0. The number of carbonyl (C=O) groups is 2. The summed E-state index contributed by atoms with van der Waals surface area (Å²) < 4.78 is 6.27. The number of para-hydroxylation sites is 2. The highest BCUT2D eigenvalue weighted by molar-refractivity contribution is 9.10. The van der Waals surface area contributed by atoms with E-state index in [0.29, 0.717) is 23.7 Å². The van der Waals surface area contributed by atoms with Crippen LogP contribution >= 0.6 is 15.9 Å². The second-order valence-electron chi connectivity index (χ2n) is 4.80. The molecule has 0 radical (unpaired) electrons. The summed E-state index contributed by atoms with van der Waals surface area (Å²) in [5.41, 5.74) is 2.04. The van der Waals surface area contributed by atoms with Gasteiger partial charge >= 0.3 is 11.8 Å². The molecule has 2 N–H and O–H groups in total. The number of amides is 2. The van der Waals surface area contributed by atoms with Crippen LogP contribution in [0.3, 0.4) is 0 Å². The normalized spacial score (nSPS) is 10.0. The van der Waals surface area contributed by atoms with Crippen molar-refractivity contribution in [3.63, 3.8) is 0 Å². The standard InChI is InChI=1S/C17H17BrN2O3/c1-3-23-15-7-5-4-6-14(15)20-17(22)16(21)19-12-9-8-11(2)13(18)10-12/h4-10H,3H2,1-2H3,(H,19,21)(H,20,22). The van der Waals surface area contributed by atoms with Gasteiger partial charge in [0.05, 0.1) is 12.3 Å². The molecule has 0 saturated carbocycles. The second kappa shape index (κ2) is 7.78. The van der Waals surface area contributed by atoms with Crippen molar-refractivity contribution in [3.05, 3.63) is 52.5 Å². The average Bonchev–Trinajstić information content (AvgIpc) is 2.53. The zero-order valence-corrected chi connectivity index (χ0v) is 14.4. The summed E-state index contributed by atoms with van der Waals surface area (Å²) in [6.45, 7) is 4.25. The topological polar surface area (TPSA) is 67.4 Å². The maximum atomic E-state index is 12.0. The van der Waals surface area contributed by atoms with Crippen LogP contribution in [0.5, 0.6) is 5.75 Å². The molecule has 0 saturated heterocycles. The Morgan fingerprint density at radius 3 is 2.48 bits per heavy atom. The molecule has 0 bridgehead atoms. The fraction of sp³-hybridized carbons (Fsp3) is 0.176. The van der Waals surface area contributed by atoms with Crippen LogP contribution in [0.15, 0.2) is 46.9 Å². The Bertz CT molecular complexity index is 732. The third kappa shape index (κ3) is 4.56. The number of benzene rings is 2. The molecule has 0 aliphatic carbocycles. The number of hydrogen-bond donors (Lipinski definition) is 2. The molecule has 0 spiro atoms. The van der Waals surface area contributed by atoms with Gasteiger partial charge in [0, 0.05) is 10.2 Å². The smallest absolute Gasteiger partial charge is 0.314 e. The van der Waals surface area contributed by atoms with Crippen molar-refractivity contribution in [2.75, 3.05) is 17.2 Å². The molecule has 6 heteroatoms. The van der Waals surface area contributed by atoms with Gasteiger partial charge in [-0.15, -0.1) is 0 Å². The van der Waals surface area contributed by atoms with Gasteiger partial charge in [0.2, 0.25) is 0 Å². The first-order valence-electron chi connectivity index (χ1n) is 7.11. The van der Waals surface area contributed by atoms with E-state index in [-0.39, 0.29) is 0 Å².